The molecule has 2 N–H and O–H groups in total. The number of para-hydroxylation sites is 1. The van der Waals surface area contributed by atoms with Gasteiger partial charge < -0.3 is 14.5 Å². The molecule has 0 bridgehead atoms. The van der Waals surface area contributed by atoms with Crippen LogP contribution in [0, 0.1) is 11.6 Å². The summed E-state index contributed by atoms with van der Waals surface area (Å²) in [6.45, 7) is 0. The quantitative estimate of drug-likeness (QED) is 0.287. The molecule has 1 atom stereocenters. The van der Waals surface area contributed by atoms with E-state index in [0.29, 0.717) is 17.0 Å². The summed E-state index contributed by atoms with van der Waals surface area (Å²) in [5.41, 5.74) is 0.471. The average Bonchev–Trinajstić information content (AvgIpc) is 3.48. The number of H-pyrrole nitrogens is 1. The zero-order valence-electron chi connectivity index (χ0n) is 15.8. The molecule has 4 aromatic rings. The molecule has 0 aliphatic carbocycles. The summed E-state index contributed by atoms with van der Waals surface area (Å²) in [6, 6.07) is 11.6. The van der Waals surface area contributed by atoms with Gasteiger partial charge in [-0.2, -0.15) is 0 Å². The molecule has 0 radical (unpaired) electrons. The molecule has 2 aromatic carbocycles. The Kier molecular flexibility index (Phi) is 4.21. The summed E-state index contributed by atoms with van der Waals surface area (Å²) in [7, 11) is 0. The van der Waals surface area contributed by atoms with E-state index < -0.39 is 35.1 Å². The number of hydrogen-bond acceptors (Lipinski definition) is 4. The van der Waals surface area contributed by atoms with Crippen LogP contribution in [0.5, 0.6) is 0 Å². The minimum Gasteiger partial charge on any atom is -0.507 e. The standard InChI is InChI=1S/C23H14F2N2O4/c24-12-7-8-17(15(25)10-12)27-20(18-6-3-9-31-18)19(22(29)23(27)30)21(28)14-11-26-16-5-2-1-4-13(14)16/h1-11,20,26,28H/b21-19-. The predicted molar refractivity (Wildman–Crippen MR) is 108 cm³/mol. The molecule has 1 aliphatic heterocycles. The smallest absolute Gasteiger partial charge is 0.300 e. The zero-order chi connectivity index (χ0) is 21.7. The number of anilines is 1. The first kappa shape index (κ1) is 18.8. The van der Waals surface area contributed by atoms with Crippen LogP contribution in [0.25, 0.3) is 16.7 Å². The molecule has 0 saturated carbocycles. The fourth-order valence-corrected chi connectivity index (χ4v) is 3.89. The van der Waals surface area contributed by atoms with Crippen LogP contribution in [-0.2, 0) is 9.59 Å². The molecule has 3 heterocycles. The fourth-order valence-electron chi connectivity index (χ4n) is 3.89. The Morgan fingerprint density at radius 2 is 1.87 bits per heavy atom. The number of rotatable bonds is 3. The Morgan fingerprint density at radius 1 is 1.06 bits per heavy atom. The Hall–Kier alpha value is -4.20. The van der Waals surface area contributed by atoms with Gasteiger partial charge in [-0.1, -0.05) is 18.2 Å². The number of benzene rings is 2. The van der Waals surface area contributed by atoms with Crippen molar-refractivity contribution in [2.24, 2.45) is 0 Å². The number of carbonyl (C=O) groups is 2. The van der Waals surface area contributed by atoms with Crippen molar-refractivity contribution < 1.29 is 27.9 Å². The van der Waals surface area contributed by atoms with Gasteiger partial charge in [0.1, 0.15) is 29.2 Å². The third-order valence-electron chi connectivity index (χ3n) is 5.27. The number of nitrogens with zero attached hydrogens (tertiary/aromatic N) is 1. The van der Waals surface area contributed by atoms with Gasteiger partial charge >= 0.3 is 0 Å². The number of hydrogen-bond donors (Lipinski definition) is 2. The fraction of sp³-hybridized carbons (Fsp3) is 0.0435. The Bertz CT molecular complexity index is 1370. The second-order valence-electron chi connectivity index (χ2n) is 7.03. The molecule has 5 rings (SSSR count). The molecular formula is C23H14F2N2O4. The van der Waals surface area contributed by atoms with Crippen LogP contribution < -0.4 is 4.90 Å². The lowest BCUT2D eigenvalue weighted by molar-refractivity contribution is -0.132. The first-order valence-electron chi connectivity index (χ1n) is 9.33. The third-order valence-corrected chi connectivity index (χ3v) is 5.27. The molecule has 31 heavy (non-hydrogen) atoms. The van der Waals surface area contributed by atoms with E-state index >= 15 is 0 Å². The van der Waals surface area contributed by atoms with Crippen LogP contribution in [-0.4, -0.2) is 21.8 Å². The second kappa shape index (κ2) is 6.94. The Labute approximate surface area is 174 Å². The van der Waals surface area contributed by atoms with E-state index in [-0.39, 0.29) is 17.0 Å². The summed E-state index contributed by atoms with van der Waals surface area (Å²) < 4.78 is 33.4. The van der Waals surface area contributed by atoms with Crippen molar-refractivity contribution in [3.63, 3.8) is 0 Å². The highest BCUT2D eigenvalue weighted by molar-refractivity contribution is 6.51. The predicted octanol–water partition coefficient (Wildman–Crippen LogP) is 4.67. The van der Waals surface area contributed by atoms with Gasteiger partial charge in [0.15, 0.2) is 0 Å². The van der Waals surface area contributed by atoms with E-state index in [1.165, 1.54) is 18.5 Å². The lowest BCUT2D eigenvalue weighted by atomic mass is 9.99. The minimum atomic E-state index is -1.23. The van der Waals surface area contributed by atoms with E-state index in [4.69, 9.17) is 4.42 Å². The number of furan rings is 1. The van der Waals surface area contributed by atoms with Crippen molar-refractivity contribution in [2.75, 3.05) is 4.90 Å². The van der Waals surface area contributed by atoms with Crippen molar-refractivity contribution in [1.82, 2.24) is 4.98 Å². The van der Waals surface area contributed by atoms with Crippen molar-refractivity contribution in [2.45, 2.75) is 6.04 Å². The normalized spacial score (nSPS) is 18.3. The second-order valence-corrected chi connectivity index (χ2v) is 7.03. The van der Waals surface area contributed by atoms with Crippen LogP contribution in [0.4, 0.5) is 14.5 Å². The van der Waals surface area contributed by atoms with Gasteiger partial charge in [-0.15, -0.1) is 0 Å². The van der Waals surface area contributed by atoms with Crippen LogP contribution in [0.2, 0.25) is 0 Å². The number of halogens is 2. The van der Waals surface area contributed by atoms with Gasteiger partial charge in [-0.05, 0) is 30.3 Å². The maximum Gasteiger partial charge on any atom is 0.300 e. The zero-order valence-corrected chi connectivity index (χ0v) is 15.8. The third kappa shape index (κ3) is 2.83. The molecule has 2 aromatic heterocycles. The Balaban J connectivity index is 1.76. The van der Waals surface area contributed by atoms with E-state index in [1.807, 2.05) is 6.07 Å². The maximum absolute atomic E-state index is 14.6. The van der Waals surface area contributed by atoms with E-state index in [2.05, 4.69) is 4.98 Å². The van der Waals surface area contributed by atoms with Crippen LogP contribution in [0.1, 0.15) is 17.4 Å². The molecule has 0 spiro atoms. The monoisotopic (exact) mass is 420 g/mol. The molecule has 1 aliphatic rings. The van der Waals surface area contributed by atoms with Gasteiger partial charge in [0.2, 0.25) is 0 Å². The minimum absolute atomic E-state index is 0.143. The molecule has 1 fully saturated rings. The van der Waals surface area contributed by atoms with Crippen LogP contribution in [0.15, 0.2) is 77.0 Å². The van der Waals surface area contributed by atoms with E-state index in [0.717, 1.165) is 22.5 Å². The van der Waals surface area contributed by atoms with Crippen LogP contribution >= 0.6 is 0 Å². The molecule has 8 heteroatoms. The van der Waals surface area contributed by atoms with Gasteiger partial charge in [0, 0.05) is 28.7 Å². The SMILES string of the molecule is O=C1C(=O)N(c2ccc(F)cc2F)C(c2ccco2)/C1=C(/O)c1c[nH]c2ccccc12. The number of ketones is 1. The van der Waals surface area contributed by atoms with Gasteiger partial charge in [0.05, 0.1) is 17.5 Å². The van der Waals surface area contributed by atoms with Crippen molar-refractivity contribution >= 4 is 34.0 Å². The van der Waals surface area contributed by atoms with E-state index in [1.54, 1.807) is 24.3 Å². The molecule has 1 saturated heterocycles. The number of aromatic amines is 1. The summed E-state index contributed by atoms with van der Waals surface area (Å²) in [5, 5.41) is 11.7. The lowest BCUT2D eigenvalue weighted by Gasteiger charge is -2.23. The molecule has 1 amide bonds. The highest BCUT2D eigenvalue weighted by Crippen LogP contribution is 2.43. The van der Waals surface area contributed by atoms with Crippen molar-refractivity contribution in [1.29, 1.82) is 0 Å². The first-order chi connectivity index (χ1) is 15.0. The van der Waals surface area contributed by atoms with Crippen molar-refractivity contribution in [3.05, 3.63) is 95.6 Å². The summed E-state index contributed by atoms with van der Waals surface area (Å²) in [4.78, 5) is 29.8. The number of carbonyl (C=O) groups excluding carboxylic acids is 2. The Morgan fingerprint density at radius 3 is 2.61 bits per heavy atom. The lowest BCUT2D eigenvalue weighted by Crippen LogP contribution is -2.30. The molecule has 154 valence electrons. The largest absolute Gasteiger partial charge is 0.507 e. The van der Waals surface area contributed by atoms with Gasteiger partial charge in [-0.3, -0.25) is 14.5 Å². The highest BCUT2D eigenvalue weighted by Gasteiger charge is 2.49. The van der Waals surface area contributed by atoms with E-state index in [9.17, 15) is 23.5 Å². The number of aliphatic hydroxyl groups excluding tert-OH is 1. The number of nitrogens with one attached hydrogen (secondary N) is 1. The average molecular weight is 420 g/mol. The molecule has 6 nitrogen and oxygen atoms in total. The molecule has 1 unspecified atom stereocenters. The summed E-state index contributed by atoms with van der Waals surface area (Å²) >= 11 is 0. The van der Waals surface area contributed by atoms with Crippen LogP contribution in [0.3, 0.4) is 0 Å². The highest BCUT2D eigenvalue weighted by atomic mass is 19.1. The summed E-state index contributed by atoms with van der Waals surface area (Å²) in [5.74, 6) is -4.20. The van der Waals surface area contributed by atoms with Gasteiger partial charge in [0.25, 0.3) is 11.7 Å². The topological polar surface area (TPSA) is 86.5 Å². The number of Topliss-reactive ketones (excluding diaryl/α,β-unsaturated/α-hetero) is 1. The molecular weight excluding hydrogens is 406 g/mol. The number of amides is 1. The van der Waals surface area contributed by atoms with Crippen molar-refractivity contribution in [3.8, 4) is 0 Å². The number of fused-ring (bicyclic) bond motifs is 1. The maximum atomic E-state index is 14.6. The first-order valence-corrected chi connectivity index (χ1v) is 9.33. The van der Waals surface area contributed by atoms with Gasteiger partial charge in [-0.25, -0.2) is 8.78 Å². The number of aromatic nitrogens is 1. The number of aliphatic hydroxyl groups is 1. The summed E-state index contributed by atoms with van der Waals surface area (Å²) in [6.07, 6.45) is 2.85.